The van der Waals surface area contributed by atoms with E-state index < -0.39 is 0 Å². The first-order chi connectivity index (χ1) is 13.3. The third-order valence-corrected chi connectivity index (χ3v) is 6.41. The van der Waals surface area contributed by atoms with Gasteiger partial charge in [0.05, 0.1) is 0 Å². The Kier molecular flexibility index (Phi) is 6.43. The molecule has 0 radical (unpaired) electrons. The van der Waals surface area contributed by atoms with Crippen molar-refractivity contribution in [3.05, 3.63) is 17.0 Å². The Morgan fingerprint density at radius 2 is 1.96 bits per heavy atom. The molecule has 1 unspecified atom stereocenters. The van der Waals surface area contributed by atoms with E-state index in [0.717, 1.165) is 69.5 Å². The van der Waals surface area contributed by atoms with E-state index in [2.05, 4.69) is 36.1 Å². The van der Waals surface area contributed by atoms with Gasteiger partial charge < -0.3 is 20.5 Å². The summed E-state index contributed by atoms with van der Waals surface area (Å²) in [4.78, 5) is 26.2. The monoisotopic (exact) mass is 390 g/mol. The van der Waals surface area contributed by atoms with E-state index in [1.54, 1.807) is 0 Å². The SMILES string of the molecule is CC(C)(C)C1CCc2onc(C(=O)NCCCN3CCC(C(N)=O)CC3)c2C1. The van der Waals surface area contributed by atoms with Crippen LogP contribution in [0.4, 0.5) is 0 Å². The van der Waals surface area contributed by atoms with E-state index in [-0.39, 0.29) is 23.1 Å². The molecule has 1 saturated heterocycles. The first kappa shape index (κ1) is 20.8. The Bertz CT molecular complexity index is 699. The van der Waals surface area contributed by atoms with Gasteiger partial charge in [0.2, 0.25) is 5.91 Å². The van der Waals surface area contributed by atoms with Crippen molar-refractivity contribution in [3.8, 4) is 0 Å². The molecule has 1 aromatic rings. The van der Waals surface area contributed by atoms with Crippen molar-refractivity contribution in [3.63, 3.8) is 0 Å². The summed E-state index contributed by atoms with van der Waals surface area (Å²) in [5, 5.41) is 7.06. The Morgan fingerprint density at radius 3 is 2.61 bits per heavy atom. The van der Waals surface area contributed by atoms with Crippen LogP contribution in [0.25, 0.3) is 0 Å². The summed E-state index contributed by atoms with van der Waals surface area (Å²) in [6.07, 6.45) is 5.35. The zero-order valence-corrected chi connectivity index (χ0v) is 17.4. The largest absolute Gasteiger partial charge is 0.369 e. The lowest BCUT2D eigenvalue weighted by atomic mass is 9.71. The Labute approximate surface area is 167 Å². The van der Waals surface area contributed by atoms with Crippen LogP contribution in [0.3, 0.4) is 0 Å². The molecular weight excluding hydrogens is 356 g/mol. The summed E-state index contributed by atoms with van der Waals surface area (Å²) >= 11 is 0. The average Bonchev–Trinajstić information content (AvgIpc) is 3.08. The molecule has 1 fully saturated rings. The number of piperidine rings is 1. The number of nitrogens with one attached hydrogen (secondary N) is 1. The van der Waals surface area contributed by atoms with Crippen molar-refractivity contribution < 1.29 is 14.1 Å². The molecule has 1 aliphatic heterocycles. The molecule has 2 aliphatic rings. The number of aryl methyl sites for hydroxylation is 1. The maximum atomic E-state index is 12.6. The molecule has 3 rings (SSSR count). The zero-order valence-electron chi connectivity index (χ0n) is 17.4. The predicted molar refractivity (Wildman–Crippen MR) is 107 cm³/mol. The maximum absolute atomic E-state index is 12.6. The van der Waals surface area contributed by atoms with E-state index >= 15 is 0 Å². The van der Waals surface area contributed by atoms with Crippen molar-refractivity contribution in [2.45, 2.75) is 59.3 Å². The third-order valence-electron chi connectivity index (χ3n) is 6.41. The van der Waals surface area contributed by atoms with Crippen LogP contribution in [0, 0.1) is 17.3 Å². The van der Waals surface area contributed by atoms with Crippen LogP contribution in [0.15, 0.2) is 4.52 Å². The molecule has 2 amide bonds. The molecule has 0 aromatic carbocycles. The molecule has 3 N–H and O–H groups in total. The number of carbonyl (C=O) groups excluding carboxylic acids is 2. The zero-order chi connectivity index (χ0) is 20.3. The van der Waals surface area contributed by atoms with E-state index in [1.807, 2.05) is 0 Å². The van der Waals surface area contributed by atoms with E-state index in [1.165, 1.54) is 0 Å². The van der Waals surface area contributed by atoms with Crippen LogP contribution in [-0.4, -0.2) is 48.0 Å². The fourth-order valence-corrected chi connectivity index (χ4v) is 4.35. The van der Waals surface area contributed by atoms with Gasteiger partial charge in [-0.3, -0.25) is 9.59 Å². The summed E-state index contributed by atoms with van der Waals surface area (Å²) < 4.78 is 5.44. The summed E-state index contributed by atoms with van der Waals surface area (Å²) in [6, 6.07) is 0. The molecule has 1 aliphatic carbocycles. The van der Waals surface area contributed by atoms with Crippen LogP contribution < -0.4 is 11.1 Å². The maximum Gasteiger partial charge on any atom is 0.273 e. The van der Waals surface area contributed by atoms with Crippen molar-refractivity contribution in [1.29, 1.82) is 0 Å². The van der Waals surface area contributed by atoms with Gasteiger partial charge in [-0.1, -0.05) is 25.9 Å². The van der Waals surface area contributed by atoms with Gasteiger partial charge in [-0.15, -0.1) is 0 Å². The quantitative estimate of drug-likeness (QED) is 0.725. The van der Waals surface area contributed by atoms with Gasteiger partial charge in [-0.25, -0.2) is 0 Å². The van der Waals surface area contributed by atoms with Crippen LogP contribution >= 0.6 is 0 Å². The highest BCUT2D eigenvalue weighted by molar-refractivity contribution is 5.93. The number of aromatic nitrogens is 1. The highest BCUT2D eigenvalue weighted by Crippen LogP contribution is 2.38. The predicted octanol–water partition coefficient (Wildman–Crippen LogP) is 2.14. The van der Waals surface area contributed by atoms with Gasteiger partial charge in [0.15, 0.2) is 5.69 Å². The molecule has 28 heavy (non-hydrogen) atoms. The number of rotatable bonds is 6. The topological polar surface area (TPSA) is 101 Å². The Balaban J connectivity index is 1.44. The molecule has 7 heteroatoms. The second-order valence-corrected chi connectivity index (χ2v) is 9.37. The minimum Gasteiger partial charge on any atom is -0.369 e. The average molecular weight is 391 g/mol. The number of hydrogen-bond donors (Lipinski definition) is 2. The smallest absolute Gasteiger partial charge is 0.273 e. The second kappa shape index (κ2) is 8.64. The highest BCUT2D eigenvalue weighted by atomic mass is 16.5. The molecule has 1 atom stereocenters. The first-order valence-electron chi connectivity index (χ1n) is 10.5. The summed E-state index contributed by atoms with van der Waals surface area (Å²) in [5.41, 5.74) is 7.05. The number of amides is 2. The molecule has 0 bridgehead atoms. The van der Waals surface area contributed by atoms with E-state index in [0.29, 0.717) is 18.2 Å². The van der Waals surface area contributed by atoms with E-state index in [9.17, 15) is 9.59 Å². The Hall–Kier alpha value is -1.89. The normalized spacial score (nSPS) is 21.3. The van der Waals surface area contributed by atoms with Gasteiger partial charge in [0.1, 0.15) is 5.76 Å². The number of nitrogens with two attached hydrogens (primary N) is 1. The number of hydrogen-bond acceptors (Lipinski definition) is 5. The molecule has 2 heterocycles. The molecule has 7 nitrogen and oxygen atoms in total. The van der Waals surface area contributed by atoms with Gasteiger partial charge in [-0.05, 0) is 63.1 Å². The van der Waals surface area contributed by atoms with Gasteiger partial charge >= 0.3 is 0 Å². The number of carbonyl (C=O) groups is 2. The number of primary amides is 1. The minimum atomic E-state index is -0.184. The summed E-state index contributed by atoms with van der Waals surface area (Å²) in [7, 11) is 0. The number of likely N-dealkylation sites (tertiary alicyclic amines) is 1. The van der Waals surface area contributed by atoms with E-state index in [4.69, 9.17) is 10.3 Å². The lowest BCUT2D eigenvalue weighted by molar-refractivity contribution is -0.123. The van der Waals surface area contributed by atoms with Crippen LogP contribution in [0.1, 0.15) is 68.3 Å². The lowest BCUT2D eigenvalue weighted by Gasteiger charge is -2.33. The standard InChI is InChI=1S/C21H34N4O3/c1-21(2,3)15-5-6-17-16(13-15)18(24-28-17)20(27)23-9-4-10-25-11-7-14(8-12-25)19(22)26/h14-15H,4-13H2,1-3H3,(H2,22,26)(H,23,27). The third kappa shape index (κ3) is 4.93. The van der Waals surface area contributed by atoms with Crippen LogP contribution in [0.5, 0.6) is 0 Å². The summed E-state index contributed by atoms with van der Waals surface area (Å²) in [6.45, 7) is 10.1. The van der Waals surface area contributed by atoms with Gasteiger partial charge in [0.25, 0.3) is 5.91 Å². The lowest BCUT2D eigenvalue weighted by Crippen LogP contribution is -2.39. The molecular formula is C21H34N4O3. The van der Waals surface area contributed by atoms with Crippen LogP contribution in [0.2, 0.25) is 0 Å². The highest BCUT2D eigenvalue weighted by Gasteiger charge is 2.34. The van der Waals surface area contributed by atoms with Crippen LogP contribution in [-0.2, 0) is 17.6 Å². The minimum absolute atomic E-state index is 0.0196. The second-order valence-electron chi connectivity index (χ2n) is 9.37. The van der Waals surface area contributed by atoms with Crippen molar-refractivity contribution >= 4 is 11.8 Å². The first-order valence-corrected chi connectivity index (χ1v) is 10.5. The number of fused-ring (bicyclic) bond motifs is 1. The molecule has 1 aromatic heterocycles. The summed E-state index contributed by atoms with van der Waals surface area (Å²) in [5.74, 6) is 1.12. The van der Waals surface area contributed by atoms with Crippen molar-refractivity contribution in [2.75, 3.05) is 26.2 Å². The Morgan fingerprint density at radius 1 is 1.25 bits per heavy atom. The van der Waals surface area contributed by atoms with Gasteiger partial charge in [0, 0.05) is 24.4 Å². The fraction of sp³-hybridized carbons (Fsp3) is 0.762. The molecule has 0 spiro atoms. The van der Waals surface area contributed by atoms with Crippen molar-refractivity contribution in [2.24, 2.45) is 23.0 Å². The van der Waals surface area contributed by atoms with Gasteiger partial charge in [-0.2, -0.15) is 0 Å². The molecule has 156 valence electrons. The van der Waals surface area contributed by atoms with Crippen molar-refractivity contribution in [1.82, 2.24) is 15.4 Å². The molecule has 0 saturated carbocycles. The fourth-order valence-electron chi connectivity index (χ4n) is 4.35. The number of nitrogens with zero attached hydrogens (tertiary/aromatic N) is 2.